The van der Waals surface area contributed by atoms with Gasteiger partial charge in [-0.2, -0.15) is 5.10 Å². The first kappa shape index (κ1) is 18.9. The number of nitrogens with one attached hydrogen (secondary N) is 1. The topological polar surface area (TPSA) is 66.8 Å². The molecule has 0 saturated carbocycles. The van der Waals surface area contributed by atoms with Crippen molar-refractivity contribution in [3.8, 4) is 5.75 Å². The summed E-state index contributed by atoms with van der Waals surface area (Å²) in [5, 5.41) is 4.02. The van der Waals surface area contributed by atoms with Gasteiger partial charge in [-0.3, -0.25) is 9.78 Å². The summed E-state index contributed by atoms with van der Waals surface area (Å²) >= 11 is 3.60. The van der Waals surface area contributed by atoms with E-state index in [1.54, 1.807) is 37.9 Å². The molecule has 0 bridgehead atoms. The van der Waals surface area contributed by atoms with Gasteiger partial charge in [-0.15, -0.1) is 0 Å². The third-order valence-electron chi connectivity index (χ3n) is 3.72. The van der Waals surface area contributed by atoms with Crippen molar-refractivity contribution >= 4 is 33.7 Å². The smallest absolute Gasteiger partial charge is 0.271 e. The van der Waals surface area contributed by atoms with E-state index in [-0.39, 0.29) is 5.91 Å². The zero-order valence-electron chi connectivity index (χ0n) is 14.5. The van der Waals surface area contributed by atoms with Gasteiger partial charge in [0, 0.05) is 47.1 Å². The zero-order chi connectivity index (χ0) is 18.2. The molecule has 0 aliphatic heterocycles. The van der Waals surface area contributed by atoms with Gasteiger partial charge in [0.05, 0.1) is 19.0 Å². The number of rotatable bonds is 7. The number of carbonyl (C=O) groups is 1. The third kappa shape index (κ3) is 4.79. The summed E-state index contributed by atoms with van der Waals surface area (Å²) in [6.07, 6.45) is 4.68. The van der Waals surface area contributed by atoms with Gasteiger partial charge >= 0.3 is 0 Å². The number of anilines is 1. The fourth-order valence-corrected chi connectivity index (χ4v) is 2.98. The Labute approximate surface area is 156 Å². The number of ether oxygens (including phenoxy) is 1. The maximum atomic E-state index is 12.0. The minimum Gasteiger partial charge on any atom is -0.496 e. The first-order chi connectivity index (χ1) is 12.1. The van der Waals surface area contributed by atoms with Crippen LogP contribution in [0.25, 0.3) is 0 Å². The molecule has 2 aromatic rings. The van der Waals surface area contributed by atoms with Crippen LogP contribution in [0.2, 0.25) is 0 Å². The lowest BCUT2D eigenvalue weighted by atomic mass is 10.2. The van der Waals surface area contributed by atoms with Crippen LogP contribution in [0.1, 0.15) is 29.8 Å². The quantitative estimate of drug-likeness (QED) is 0.566. The van der Waals surface area contributed by atoms with Gasteiger partial charge in [-0.25, -0.2) is 5.43 Å². The van der Waals surface area contributed by atoms with Crippen molar-refractivity contribution in [1.29, 1.82) is 0 Å². The van der Waals surface area contributed by atoms with Crippen LogP contribution in [0.3, 0.4) is 0 Å². The number of aromatic nitrogens is 1. The van der Waals surface area contributed by atoms with E-state index in [1.807, 2.05) is 12.1 Å². The molecular formula is C18H21BrN4O2. The highest BCUT2D eigenvalue weighted by Crippen LogP contribution is 2.33. The van der Waals surface area contributed by atoms with E-state index < -0.39 is 0 Å². The number of nitrogens with zero attached hydrogens (tertiary/aromatic N) is 3. The SMILES string of the molecule is CCN(CC)c1cc(OC)c(/C=N\NC(=O)c2ccncc2)cc1Br. The highest BCUT2D eigenvalue weighted by atomic mass is 79.9. The Bertz CT molecular complexity index is 746. The van der Waals surface area contributed by atoms with Crippen molar-refractivity contribution in [3.05, 3.63) is 52.3 Å². The lowest BCUT2D eigenvalue weighted by Gasteiger charge is -2.23. The predicted octanol–water partition coefficient (Wildman–Crippen LogP) is 3.46. The first-order valence-corrected chi connectivity index (χ1v) is 8.75. The molecule has 0 saturated heterocycles. The Morgan fingerprint density at radius 1 is 1.32 bits per heavy atom. The Morgan fingerprint density at radius 3 is 2.60 bits per heavy atom. The molecule has 1 heterocycles. The van der Waals surface area contributed by atoms with Crippen molar-refractivity contribution in [2.45, 2.75) is 13.8 Å². The van der Waals surface area contributed by atoms with Crippen molar-refractivity contribution in [2.24, 2.45) is 5.10 Å². The van der Waals surface area contributed by atoms with E-state index in [0.29, 0.717) is 11.3 Å². The second-order valence-corrected chi connectivity index (χ2v) is 6.01. The molecule has 25 heavy (non-hydrogen) atoms. The van der Waals surface area contributed by atoms with E-state index in [4.69, 9.17) is 4.74 Å². The van der Waals surface area contributed by atoms with Crippen molar-refractivity contribution in [1.82, 2.24) is 10.4 Å². The standard InChI is InChI=1S/C18H21BrN4O2/c1-4-23(5-2)16-11-17(25-3)14(10-15(16)19)12-21-22-18(24)13-6-8-20-9-7-13/h6-12H,4-5H2,1-3H3,(H,22,24)/b21-12-. The summed E-state index contributed by atoms with van der Waals surface area (Å²) in [6.45, 7) is 6.00. The van der Waals surface area contributed by atoms with Crippen LogP contribution in [0.15, 0.2) is 46.2 Å². The first-order valence-electron chi connectivity index (χ1n) is 7.96. The monoisotopic (exact) mass is 404 g/mol. The molecule has 6 nitrogen and oxygen atoms in total. The lowest BCUT2D eigenvalue weighted by molar-refractivity contribution is 0.0955. The van der Waals surface area contributed by atoms with Crippen molar-refractivity contribution < 1.29 is 9.53 Å². The summed E-state index contributed by atoms with van der Waals surface area (Å²) in [6, 6.07) is 7.14. The van der Waals surface area contributed by atoms with Crippen LogP contribution in [-0.4, -0.2) is 37.3 Å². The summed E-state index contributed by atoms with van der Waals surface area (Å²) in [4.78, 5) is 18.1. The minimum absolute atomic E-state index is 0.295. The van der Waals surface area contributed by atoms with E-state index in [9.17, 15) is 4.79 Å². The third-order valence-corrected chi connectivity index (χ3v) is 4.35. The Morgan fingerprint density at radius 2 is 2.00 bits per heavy atom. The molecule has 0 radical (unpaired) electrons. The number of benzene rings is 1. The summed E-state index contributed by atoms with van der Waals surface area (Å²) in [5.74, 6) is 0.392. The normalized spacial score (nSPS) is 10.7. The molecule has 1 amide bonds. The van der Waals surface area contributed by atoms with E-state index in [1.165, 1.54) is 0 Å². The maximum Gasteiger partial charge on any atom is 0.271 e. The van der Waals surface area contributed by atoms with Gasteiger partial charge in [0.15, 0.2) is 0 Å². The molecule has 0 fully saturated rings. The van der Waals surface area contributed by atoms with Crippen LogP contribution in [-0.2, 0) is 0 Å². The van der Waals surface area contributed by atoms with Crippen LogP contribution in [0, 0.1) is 0 Å². The molecule has 0 atom stereocenters. The molecule has 0 unspecified atom stereocenters. The van der Waals surface area contributed by atoms with Gasteiger partial charge in [0.2, 0.25) is 0 Å². The average Bonchev–Trinajstić information content (AvgIpc) is 2.64. The molecular weight excluding hydrogens is 384 g/mol. The fraction of sp³-hybridized carbons (Fsp3) is 0.278. The number of amides is 1. The number of halogens is 1. The second-order valence-electron chi connectivity index (χ2n) is 5.15. The van der Waals surface area contributed by atoms with Gasteiger partial charge in [0.1, 0.15) is 5.75 Å². The largest absolute Gasteiger partial charge is 0.496 e. The summed E-state index contributed by atoms with van der Waals surface area (Å²) < 4.78 is 6.41. The molecule has 1 aromatic carbocycles. The highest BCUT2D eigenvalue weighted by Gasteiger charge is 2.12. The Balaban J connectivity index is 2.18. The van der Waals surface area contributed by atoms with Crippen molar-refractivity contribution in [2.75, 3.05) is 25.1 Å². The number of methoxy groups -OCH3 is 1. The fourth-order valence-electron chi connectivity index (χ4n) is 2.37. The van der Waals surface area contributed by atoms with Crippen LogP contribution in [0.4, 0.5) is 5.69 Å². The van der Waals surface area contributed by atoms with Gasteiger partial charge in [-0.05, 0) is 48.0 Å². The van der Waals surface area contributed by atoms with E-state index in [2.05, 4.69) is 50.2 Å². The Hall–Kier alpha value is -2.41. The number of hydrogen-bond donors (Lipinski definition) is 1. The van der Waals surface area contributed by atoms with Gasteiger partial charge < -0.3 is 9.64 Å². The molecule has 1 N–H and O–H groups in total. The second kappa shape index (κ2) is 9.17. The van der Waals surface area contributed by atoms with Crippen molar-refractivity contribution in [3.63, 3.8) is 0 Å². The van der Waals surface area contributed by atoms with Crippen LogP contribution < -0.4 is 15.1 Å². The van der Waals surface area contributed by atoms with Gasteiger partial charge in [-0.1, -0.05) is 0 Å². The number of carbonyl (C=O) groups excluding carboxylic acids is 1. The molecule has 132 valence electrons. The zero-order valence-corrected chi connectivity index (χ0v) is 16.1. The number of hydrazone groups is 1. The molecule has 1 aromatic heterocycles. The number of hydrogen-bond acceptors (Lipinski definition) is 5. The molecule has 0 spiro atoms. The maximum absolute atomic E-state index is 12.0. The molecule has 2 rings (SSSR count). The van der Waals surface area contributed by atoms with Gasteiger partial charge in [0.25, 0.3) is 5.91 Å². The minimum atomic E-state index is -0.295. The summed E-state index contributed by atoms with van der Waals surface area (Å²) in [5.41, 5.74) is 4.82. The van der Waals surface area contributed by atoms with E-state index >= 15 is 0 Å². The predicted molar refractivity (Wildman–Crippen MR) is 104 cm³/mol. The average molecular weight is 405 g/mol. The van der Waals surface area contributed by atoms with Crippen LogP contribution in [0.5, 0.6) is 5.75 Å². The molecule has 0 aliphatic carbocycles. The molecule has 0 aliphatic rings. The Kier molecular flexibility index (Phi) is 6.94. The highest BCUT2D eigenvalue weighted by molar-refractivity contribution is 9.10. The van der Waals surface area contributed by atoms with Crippen LogP contribution >= 0.6 is 15.9 Å². The number of pyridine rings is 1. The summed E-state index contributed by atoms with van der Waals surface area (Å²) in [7, 11) is 1.61. The molecule has 7 heteroatoms. The lowest BCUT2D eigenvalue weighted by Crippen LogP contribution is -2.22. The van der Waals surface area contributed by atoms with E-state index in [0.717, 1.165) is 28.8 Å².